The van der Waals surface area contributed by atoms with Gasteiger partial charge in [-0.2, -0.15) is 12.7 Å². The summed E-state index contributed by atoms with van der Waals surface area (Å²) in [4.78, 5) is 17.1. The van der Waals surface area contributed by atoms with Crippen molar-refractivity contribution in [1.29, 1.82) is 0 Å². The molecule has 3 rings (SSSR count). The van der Waals surface area contributed by atoms with Gasteiger partial charge in [0.1, 0.15) is 0 Å². The Morgan fingerprint density at radius 2 is 1.91 bits per heavy atom. The number of nitrogens with zero attached hydrogens (tertiary/aromatic N) is 2. The zero-order valence-electron chi connectivity index (χ0n) is 12.7. The molecule has 23 heavy (non-hydrogen) atoms. The van der Waals surface area contributed by atoms with E-state index in [4.69, 9.17) is 5.14 Å². The highest BCUT2D eigenvalue weighted by Gasteiger charge is 2.26. The summed E-state index contributed by atoms with van der Waals surface area (Å²) in [5.41, 5.74) is 2.78. The largest absolute Gasteiger partial charge is 0.359 e. The van der Waals surface area contributed by atoms with Crippen molar-refractivity contribution >= 4 is 32.8 Å². The zero-order valence-corrected chi connectivity index (χ0v) is 13.6. The SMILES string of the molecule is Cc1cc2cc(NC(=O)N3CCN(S(N)(=O)=O)CC3)ccc2[nH]1. The van der Waals surface area contributed by atoms with Crippen LogP contribution in [-0.2, 0) is 10.2 Å². The first-order valence-corrected chi connectivity index (χ1v) is 8.76. The van der Waals surface area contributed by atoms with Gasteiger partial charge in [0.25, 0.3) is 10.2 Å². The van der Waals surface area contributed by atoms with Gasteiger partial charge in [0, 0.05) is 48.5 Å². The molecule has 2 heterocycles. The van der Waals surface area contributed by atoms with Gasteiger partial charge in [-0.25, -0.2) is 9.93 Å². The van der Waals surface area contributed by atoms with E-state index in [0.717, 1.165) is 16.6 Å². The van der Waals surface area contributed by atoms with E-state index in [0.29, 0.717) is 18.8 Å². The third-order valence-corrected chi connectivity index (χ3v) is 4.98. The van der Waals surface area contributed by atoms with Gasteiger partial charge >= 0.3 is 6.03 Å². The van der Waals surface area contributed by atoms with Crippen molar-refractivity contribution in [3.63, 3.8) is 0 Å². The van der Waals surface area contributed by atoms with Crippen LogP contribution >= 0.6 is 0 Å². The Morgan fingerprint density at radius 3 is 2.57 bits per heavy atom. The monoisotopic (exact) mass is 337 g/mol. The molecular weight excluding hydrogens is 318 g/mol. The van der Waals surface area contributed by atoms with E-state index >= 15 is 0 Å². The number of aromatic nitrogens is 1. The highest BCUT2D eigenvalue weighted by Crippen LogP contribution is 2.20. The van der Waals surface area contributed by atoms with Gasteiger partial charge in [-0.05, 0) is 31.2 Å². The molecule has 0 unspecified atom stereocenters. The number of nitrogens with one attached hydrogen (secondary N) is 2. The fraction of sp³-hybridized carbons (Fsp3) is 0.357. The van der Waals surface area contributed by atoms with E-state index < -0.39 is 10.2 Å². The lowest BCUT2D eigenvalue weighted by Crippen LogP contribution is -2.53. The number of urea groups is 1. The number of benzene rings is 1. The summed E-state index contributed by atoms with van der Waals surface area (Å²) in [6, 6.07) is 7.41. The number of rotatable bonds is 2. The Morgan fingerprint density at radius 1 is 1.22 bits per heavy atom. The Hall–Kier alpha value is -2.10. The normalized spacial score (nSPS) is 16.7. The molecule has 1 aromatic heterocycles. The minimum absolute atomic E-state index is 0.211. The van der Waals surface area contributed by atoms with Crippen molar-refractivity contribution in [3.05, 3.63) is 30.0 Å². The Labute approximate surface area is 134 Å². The molecule has 0 bridgehead atoms. The van der Waals surface area contributed by atoms with Crippen molar-refractivity contribution < 1.29 is 13.2 Å². The van der Waals surface area contributed by atoms with Crippen molar-refractivity contribution in [1.82, 2.24) is 14.2 Å². The molecule has 0 spiro atoms. The second-order valence-corrected chi connectivity index (χ2v) is 7.16. The van der Waals surface area contributed by atoms with Gasteiger partial charge in [0.05, 0.1) is 0 Å². The first kappa shape index (κ1) is 15.8. The maximum atomic E-state index is 12.3. The fourth-order valence-electron chi connectivity index (χ4n) is 2.70. The number of piperazine rings is 1. The molecule has 2 aromatic rings. The minimum atomic E-state index is -3.68. The fourth-order valence-corrected chi connectivity index (χ4v) is 3.38. The molecule has 0 saturated carbocycles. The molecule has 0 aliphatic carbocycles. The summed E-state index contributed by atoms with van der Waals surface area (Å²) in [5.74, 6) is 0. The number of carbonyl (C=O) groups is 1. The number of anilines is 1. The third kappa shape index (κ3) is 3.46. The van der Waals surface area contributed by atoms with Gasteiger partial charge in [0.15, 0.2) is 0 Å². The van der Waals surface area contributed by atoms with Gasteiger partial charge in [0.2, 0.25) is 0 Å². The maximum Gasteiger partial charge on any atom is 0.321 e. The molecule has 4 N–H and O–H groups in total. The molecule has 1 aromatic carbocycles. The van der Waals surface area contributed by atoms with E-state index in [1.165, 1.54) is 4.31 Å². The second kappa shape index (κ2) is 5.84. The maximum absolute atomic E-state index is 12.3. The predicted octanol–water partition coefficient (Wildman–Crippen LogP) is 0.829. The summed E-state index contributed by atoms with van der Waals surface area (Å²) in [6.45, 7) is 3.02. The topological polar surface area (TPSA) is 112 Å². The number of H-pyrrole nitrogens is 1. The highest BCUT2D eigenvalue weighted by atomic mass is 32.2. The first-order valence-electron chi connectivity index (χ1n) is 7.26. The molecule has 0 radical (unpaired) electrons. The number of amides is 2. The molecule has 1 fully saturated rings. The highest BCUT2D eigenvalue weighted by molar-refractivity contribution is 7.86. The molecule has 8 nitrogen and oxygen atoms in total. The van der Waals surface area contributed by atoms with Gasteiger partial charge in [-0.15, -0.1) is 0 Å². The molecule has 1 aliphatic heterocycles. The summed E-state index contributed by atoms with van der Waals surface area (Å²) < 4.78 is 23.7. The second-order valence-electron chi connectivity index (χ2n) is 5.62. The van der Waals surface area contributed by atoms with Crippen LogP contribution < -0.4 is 10.5 Å². The summed E-state index contributed by atoms with van der Waals surface area (Å²) in [7, 11) is -3.68. The molecule has 1 saturated heterocycles. The quantitative estimate of drug-likeness (QED) is 0.754. The lowest BCUT2D eigenvalue weighted by atomic mass is 10.2. The number of carbonyl (C=O) groups excluding carboxylic acids is 1. The number of nitrogens with two attached hydrogens (primary N) is 1. The predicted molar refractivity (Wildman–Crippen MR) is 88.3 cm³/mol. The number of hydrogen-bond donors (Lipinski definition) is 3. The standard InChI is InChI=1S/C14H19N5O3S/c1-10-8-11-9-12(2-3-13(11)16-10)17-14(20)18-4-6-19(7-5-18)23(15,21)22/h2-3,8-9,16H,4-7H2,1H3,(H,17,20)(H2,15,21,22). The molecule has 0 atom stereocenters. The zero-order chi connectivity index (χ0) is 16.6. The summed E-state index contributed by atoms with van der Waals surface area (Å²) in [6.07, 6.45) is 0. The van der Waals surface area contributed by atoms with Crippen LogP contribution in [0.5, 0.6) is 0 Å². The minimum Gasteiger partial charge on any atom is -0.359 e. The van der Waals surface area contributed by atoms with Gasteiger partial charge in [-0.3, -0.25) is 0 Å². The van der Waals surface area contributed by atoms with Crippen molar-refractivity contribution in [3.8, 4) is 0 Å². The lowest BCUT2D eigenvalue weighted by Gasteiger charge is -2.32. The van der Waals surface area contributed by atoms with Gasteiger partial charge in [-0.1, -0.05) is 0 Å². The van der Waals surface area contributed by atoms with Crippen LogP contribution in [0.1, 0.15) is 5.69 Å². The summed E-state index contributed by atoms with van der Waals surface area (Å²) in [5, 5.41) is 8.95. The van der Waals surface area contributed by atoms with Crippen LogP contribution in [0, 0.1) is 6.92 Å². The Kier molecular flexibility index (Phi) is 4.00. The average molecular weight is 337 g/mol. The molecule has 124 valence electrons. The van der Waals surface area contributed by atoms with E-state index in [-0.39, 0.29) is 19.1 Å². The van der Waals surface area contributed by atoms with Crippen LogP contribution in [-0.4, -0.2) is 54.8 Å². The van der Waals surface area contributed by atoms with E-state index in [1.54, 1.807) is 4.90 Å². The van der Waals surface area contributed by atoms with Crippen molar-refractivity contribution in [2.24, 2.45) is 5.14 Å². The molecular formula is C14H19N5O3S. The molecule has 9 heteroatoms. The third-order valence-electron chi connectivity index (χ3n) is 3.89. The number of hydrogen-bond acceptors (Lipinski definition) is 3. The van der Waals surface area contributed by atoms with Crippen LogP contribution in [0.4, 0.5) is 10.5 Å². The lowest BCUT2D eigenvalue weighted by molar-refractivity contribution is 0.184. The van der Waals surface area contributed by atoms with Crippen LogP contribution in [0.3, 0.4) is 0 Å². The van der Waals surface area contributed by atoms with Crippen molar-refractivity contribution in [2.75, 3.05) is 31.5 Å². The Balaban J connectivity index is 1.64. The summed E-state index contributed by atoms with van der Waals surface area (Å²) >= 11 is 0. The van der Waals surface area contributed by atoms with Gasteiger partial charge < -0.3 is 15.2 Å². The molecule has 2 amide bonds. The van der Waals surface area contributed by atoms with Crippen LogP contribution in [0.15, 0.2) is 24.3 Å². The first-order chi connectivity index (χ1) is 10.8. The Bertz CT molecular complexity index is 837. The average Bonchev–Trinajstić information content (AvgIpc) is 2.86. The van der Waals surface area contributed by atoms with Crippen LogP contribution in [0.2, 0.25) is 0 Å². The van der Waals surface area contributed by atoms with E-state index in [9.17, 15) is 13.2 Å². The number of aryl methyl sites for hydroxylation is 1. The number of aromatic amines is 1. The van der Waals surface area contributed by atoms with E-state index in [2.05, 4.69) is 10.3 Å². The number of fused-ring (bicyclic) bond motifs is 1. The molecule has 1 aliphatic rings. The van der Waals surface area contributed by atoms with E-state index in [1.807, 2.05) is 31.2 Å². The smallest absolute Gasteiger partial charge is 0.321 e. The van der Waals surface area contributed by atoms with Crippen molar-refractivity contribution in [2.45, 2.75) is 6.92 Å². The van der Waals surface area contributed by atoms with Crippen LogP contribution in [0.25, 0.3) is 10.9 Å².